The van der Waals surface area contributed by atoms with Crippen LogP contribution in [0.15, 0.2) is 36.4 Å². The third-order valence-electron chi connectivity index (χ3n) is 5.22. The number of carbonyl (C=O) groups is 2. The number of nitrogens with one attached hydrogen (secondary N) is 1. The molecule has 1 fully saturated rings. The molecular formula is C22H23N3O7. The Labute approximate surface area is 184 Å². The van der Waals surface area contributed by atoms with E-state index < -0.39 is 23.4 Å². The highest BCUT2D eigenvalue weighted by Gasteiger charge is 2.24. The van der Waals surface area contributed by atoms with Crippen LogP contribution in [-0.2, 0) is 9.53 Å². The molecule has 4 rings (SSSR count). The minimum Gasteiger partial charge on any atom is -0.490 e. The number of hydrogen-bond acceptors (Lipinski definition) is 8. The van der Waals surface area contributed by atoms with Gasteiger partial charge >= 0.3 is 5.97 Å². The maximum absolute atomic E-state index is 12.7. The van der Waals surface area contributed by atoms with Gasteiger partial charge in [-0.05, 0) is 31.0 Å². The van der Waals surface area contributed by atoms with E-state index in [1.54, 1.807) is 24.3 Å². The van der Waals surface area contributed by atoms with Crippen LogP contribution in [0, 0.1) is 10.1 Å². The molecule has 1 saturated heterocycles. The number of fused-ring (bicyclic) bond motifs is 1. The summed E-state index contributed by atoms with van der Waals surface area (Å²) in [6, 6.07) is 9.12. The number of non-ortho nitro benzene ring substituents is 1. The highest BCUT2D eigenvalue weighted by molar-refractivity contribution is 5.99. The topological polar surface area (TPSA) is 120 Å². The fourth-order valence-electron chi connectivity index (χ4n) is 3.68. The minimum atomic E-state index is -0.788. The van der Waals surface area contributed by atoms with Crippen LogP contribution in [0.5, 0.6) is 11.5 Å². The molecule has 0 saturated carbocycles. The van der Waals surface area contributed by atoms with Gasteiger partial charge < -0.3 is 24.4 Å². The third kappa shape index (κ3) is 4.90. The Morgan fingerprint density at radius 1 is 1.03 bits per heavy atom. The lowest BCUT2D eigenvalue weighted by atomic mass is 10.1. The molecule has 0 aromatic heterocycles. The molecule has 0 spiro atoms. The van der Waals surface area contributed by atoms with Crippen molar-refractivity contribution < 1.29 is 28.7 Å². The number of amides is 1. The molecule has 2 aromatic rings. The molecule has 10 nitrogen and oxygen atoms in total. The van der Waals surface area contributed by atoms with E-state index in [9.17, 15) is 19.7 Å². The Kier molecular flexibility index (Phi) is 6.39. The van der Waals surface area contributed by atoms with Crippen molar-refractivity contribution in [3.05, 3.63) is 52.1 Å². The van der Waals surface area contributed by atoms with Crippen molar-refractivity contribution in [3.63, 3.8) is 0 Å². The van der Waals surface area contributed by atoms with Gasteiger partial charge in [0, 0.05) is 43.4 Å². The van der Waals surface area contributed by atoms with Crippen molar-refractivity contribution in [3.8, 4) is 11.5 Å². The highest BCUT2D eigenvalue weighted by atomic mass is 16.6. The normalized spacial score (nSPS) is 15.1. The first-order valence-electron chi connectivity index (χ1n) is 10.4. The quantitative estimate of drug-likeness (QED) is 0.412. The SMILES string of the molecule is O=C(COC(=O)c1cc([N+](=O)[O-])ccc1N1CCCC1)Nc1ccc2c(c1)OCCCO2. The molecule has 0 radical (unpaired) electrons. The van der Waals surface area contributed by atoms with Crippen LogP contribution in [0.1, 0.15) is 29.6 Å². The molecule has 10 heteroatoms. The molecule has 2 aromatic carbocycles. The summed E-state index contributed by atoms with van der Waals surface area (Å²) in [5.74, 6) is -0.193. The smallest absolute Gasteiger partial charge is 0.341 e. The van der Waals surface area contributed by atoms with Crippen molar-refractivity contribution in [2.24, 2.45) is 0 Å². The van der Waals surface area contributed by atoms with Gasteiger partial charge in [-0.1, -0.05) is 0 Å². The van der Waals surface area contributed by atoms with Gasteiger partial charge in [0.15, 0.2) is 18.1 Å². The standard InChI is InChI=1S/C22H23N3O7/c26-21(23-15-4-7-19-20(12-15)31-11-3-10-30-19)14-32-22(27)17-13-16(25(28)29)5-6-18(17)24-8-1-2-9-24/h4-7,12-13H,1-3,8-11,14H2,(H,23,26). The number of rotatable bonds is 6. The van der Waals surface area contributed by atoms with E-state index in [-0.39, 0.29) is 11.3 Å². The zero-order chi connectivity index (χ0) is 22.5. The summed E-state index contributed by atoms with van der Waals surface area (Å²) in [4.78, 5) is 37.6. The van der Waals surface area contributed by atoms with Crippen LogP contribution < -0.4 is 19.7 Å². The van der Waals surface area contributed by atoms with Gasteiger partial charge in [-0.3, -0.25) is 14.9 Å². The van der Waals surface area contributed by atoms with E-state index in [0.717, 1.165) is 32.4 Å². The number of esters is 1. The molecule has 1 N–H and O–H groups in total. The monoisotopic (exact) mass is 441 g/mol. The Bertz CT molecular complexity index is 1030. The summed E-state index contributed by atoms with van der Waals surface area (Å²) in [5.41, 5.74) is 0.908. The zero-order valence-electron chi connectivity index (χ0n) is 17.4. The molecule has 2 aliphatic rings. The zero-order valence-corrected chi connectivity index (χ0v) is 17.4. The molecule has 32 heavy (non-hydrogen) atoms. The van der Waals surface area contributed by atoms with Crippen LogP contribution in [-0.4, -0.2) is 49.7 Å². The van der Waals surface area contributed by atoms with Crippen molar-refractivity contribution in [1.82, 2.24) is 0 Å². The molecular weight excluding hydrogens is 418 g/mol. The minimum absolute atomic E-state index is 0.0736. The van der Waals surface area contributed by atoms with E-state index in [1.165, 1.54) is 12.1 Å². The lowest BCUT2D eigenvalue weighted by Crippen LogP contribution is -2.24. The van der Waals surface area contributed by atoms with Gasteiger partial charge in [0.25, 0.3) is 11.6 Å². The van der Waals surface area contributed by atoms with Crippen LogP contribution in [0.25, 0.3) is 0 Å². The number of hydrogen-bond donors (Lipinski definition) is 1. The predicted octanol–water partition coefficient (Wildman–Crippen LogP) is 3.15. The van der Waals surface area contributed by atoms with Crippen LogP contribution in [0.4, 0.5) is 17.1 Å². The van der Waals surface area contributed by atoms with Gasteiger partial charge in [0.2, 0.25) is 0 Å². The summed E-state index contributed by atoms with van der Waals surface area (Å²) in [6.45, 7) is 2.05. The van der Waals surface area contributed by atoms with Crippen molar-refractivity contribution in [2.45, 2.75) is 19.3 Å². The van der Waals surface area contributed by atoms with E-state index >= 15 is 0 Å². The molecule has 1 amide bonds. The number of nitro benzene ring substituents is 1. The third-order valence-corrected chi connectivity index (χ3v) is 5.22. The molecule has 0 atom stereocenters. The number of ether oxygens (including phenoxy) is 3. The molecule has 0 bridgehead atoms. The Balaban J connectivity index is 1.42. The maximum atomic E-state index is 12.7. The van der Waals surface area contributed by atoms with Crippen molar-refractivity contribution in [2.75, 3.05) is 43.1 Å². The van der Waals surface area contributed by atoms with Crippen LogP contribution >= 0.6 is 0 Å². The summed E-state index contributed by atoms with van der Waals surface area (Å²) < 4.78 is 16.3. The fraction of sp³-hybridized carbons (Fsp3) is 0.364. The average Bonchev–Trinajstić information content (AvgIpc) is 3.22. The molecule has 2 aliphatic heterocycles. The van der Waals surface area contributed by atoms with Gasteiger partial charge in [-0.15, -0.1) is 0 Å². The predicted molar refractivity (Wildman–Crippen MR) is 116 cm³/mol. The van der Waals surface area contributed by atoms with Gasteiger partial charge in [-0.2, -0.15) is 0 Å². The molecule has 2 heterocycles. The largest absolute Gasteiger partial charge is 0.490 e. The second-order valence-electron chi connectivity index (χ2n) is 7.49. The van der Waals surface area contributed by atoms with Gasteiger partial charge in [0.1, 0.15) is 0 Å². The second kappa shape index (κ2) is 9.54. The Hall–Kier alpha value is -3.82. The fourth-order valence-corrected chi connectivity index (χ4v) is 3.68. The first-order chi connectivity index (χ1) is 15.5. The number of nitro groups is 1. The Morgan fingerprint density at radius 2 is 1.78 bits per heavy atom. The number of benzene rings is 2. The lowest BCUT2D eigenvalue weighted by Gasteiger charge is -2.20. The van der Waals surface area contributed by atoms with E-state index in [1.807, 2.05) is 4.90 Å². The average molecular weight is 441 g/mol. The lowest BCUT2D eigenvalue weighted by molar-refractivity contribution is -0.384. The second-order valence-corrected chi connectivity index (χ2v) is 7.49. The molecule has 0 unspecified atom stereocenters. The van der Waals surface area contributed by atoms with Crippen LogP contribution in [0.3, 0.4) is 0 Å². The van der Waals surface area contributed by atoms with E-state index in [0.29, 0.717) is 36.1 Å². The van der Waals surface area contributed by atoms with Crippen molar-refractivity contribution >= 4 is 28.9 Å². The molecule has 0 aliphatic carbocycles. The van der Waals surface area contributed by atoms with E-state index in [4.69, 9.17) is 14.2 Å². The maximum Gasteiger partial charge on any atom is 0.341 e. The highest BCUT2D eigenvalue weighted by Crippen LogP contribution is 2.32. The number of nitrogens with zero attached hydrogens (tertiary/aromatic N) is 2. The first kappa shape index (κ1) is 21.4. The first-order valence-corrected chi connectivity index (χ1v) is 10.4. The van der Waals surface area contributed by atoms with Gasteiger partial charge in [-0.25, -0.2) is 4.79 Å². The van der Waals surface area contributed by atoms with Crippen molar-refractivity contribution in [1.29, 1.82) is 0 Å². The number of carbonyl (C=O) groups excluding carboxylic acids is 2. The summed E-state index contributed by atoms with van der Waals surface area (Å²) in [6.07, 6.45) is 2.72. The number of anilines is 2. The van der Waals surface area contributed by atoms with Crippen LogP contribution in [0.2, 0.25) is 0 Å². The van der Waals surface area contributed by atoms with E-state index in [2.05, 4.69) is 5.32 Å². The Morgan fingerprint density at radius 3 is 2.53 bits per heavy atom. The van der Waals surface area contributed by atoms with Gasteiger partial charge in [0.05, 0.1) is 29.4 Å². The summed E-state index contributed by atoms with van der Waals surface area (Å²) in [7, 11) is 0. The summed E-state index contributed by atoms with van der Waals surface area (Å²) in [5, 5.41) is 13.8. The summed E-state index contributed by atoms with van der Waals surface area (Å²) >= 11 is 0. The molecule has 168 valence electrons.